The maximum Gasteiger partial charge on any atom is 0.168 e. The second-order valence-corrected chi connectivity index (χ2v) is 3.74. The van der Waals surface area contributed by atoms with Gasteiger partial charge in [-0.15, -0.1) is 0 Å². The molecule has 0 saturated heterocycles. The first-order valence-corrected chi connectivity index (χ1v) is 5.61. The Labute approximate surface area is 101 Å². The zero-order valence-electron chi connectivity index (χ0n) is 10.4. The van der Waals surface area contributed by atoms with Crippen molar-refractivity contribution in [2.24, 2.45) is 0 Å². The first kappa shape index (κ1) is 13.5. The Hall–Kier alpha value is -1.58. The fourth-order valence-corrected chi connectivity index (χ4v) is 1.41. The molecular weight excluding hydrogens is 223 g/mol. The fraction of sp³-hybridized carbons (Fsp3) is 0.462. The number of benzene rings is 1. The van der Waals surface area contributed by atoms with Crippen LogP contribution < -0.4 is 9.47 Å². The lowest BCUT2D eigenvalue weighted by Crippen LogP contribution is -2.04. The highest BCUT2D eigenvalue weighted by atomic mass is 19.1. The first-order valence-electron chi connectivity index (χ1n) is 5.61. The normalized spacial score (nSPS) is 10.1. The Morgan fingerprint density at radius 3 is 2.59 bits per heavy atom. The molecule has 0 spiro atoms. The summed E-state index contributed by atoms with van der Waals surface area (Å²) in [6, 6.07) is 2.57. The van der Waals surface area contributed by atoms with Gasteiger partial charge in [-0.25, -0.2) is 4.39 Å². The van der Waals surface area contributed by atoms with Gasteiger partial charge < -0.3 is 9.47 Å². The number of rotatable bonds is 6. The molecule has 0 saturated carbocycles. The fourth-order valence-electron chi connectivity index (χ4n) is 1.41. The van der Waals surface area contributed by atoms with Gasteiger partial charge in [0.25, 0.3) is 0 Å². The lowest BCUT2D eigenvalue weighted by molar-refractivity contribution is 0.101. The van der Waals surface area contributed by atoms with Crippen LogP contribution in [0.1, 0.15) is 37.0 Å². The molecule has 1 aromatic rings. The van der Waals surface area contributed by atoms with Gasteiger partial charge in [0.15, 0.2) is 17.3 Å². The summed E-state index contributed by atoms with van der Waals surface area (Å²) in [5.74, 6) is -0.360. The van der Waals surface area contributed by atoms with Crippen LogP contribution in [0.3, 0.4) is 0 Å². The third kappa shape index (κ3) is 3.44. The highest BCUT2D eigenvalue weighted by Gasteiger charge is 2.14. The quantitative estimate of drug-likeness (QED) is 0.565. The van der Waals surface area contributed by atoms with E-state index >= 15 is 0 Å². The van der Waals surface area contributed by atoms with E-state index in [1.807, 2.05) is 6.92 Å². The van der Waals surface area contributed by atoms with Gasteiger partial charge in [-0.2, -0.15) is 0 Å². The topological polar surface area (TPSA) is 35.5 Å². The molecule has 0 amide bonds. The van der Waals surface area contributed by atoms with Gasteiger partial charge >= 0.3 is 0 Å². The number of ketones is 1. The average Bonchev–Trinajstić information content (AvgIpc) is 2.29. The standard InChI is InChI=1S/C13H17FO3/c1-4-5-6-17-12-8-11(14)13(16-3)7-10(12)9(2)15/h7-8H,4-6H2,1-3H3. The van der Waals surface area contributed by atoms with Crippen molar-refractivity contribution < 1.29 is 18.7 Å². The second-order valence-electron chi connectivity index (χ2n) is 3.74. The van der Waals surface area contributed by atoms with Crippen molar-refractivity contribution in [1.29, 1.82) is 0 Å². The molecule has 0 N–H and O–H groups in total. The van der Waals surface area contributed by atoms with Crippen LogP contribution in [0.15, 0.2) is 12.1 Å². The molecule has 0 aliphatic carbocycles. The van der Waals surface area contributed by atoms with Crippen LogP contribution >= 0.6 is 0 Å². The van der Waals surface area contributed by atoms with E-state index in [-0.39, 0.29) is 17.3 Å². The zero-order chi connectivity index (χ0) is 12.8. The van der Waals surface area contributed by atoms with Crippen molar-refractivity contribution in [2.45, 2.75) is 26.7 Å². The molecule has 0 atom stereocenters. The number of Topliss-reactive ketones (excluding diaryl/α,β-unsaturated/α-hetero) is 1. The minimum Gasteiger partial charge on any atom is -0.494 e. The van der Waals surface area contributed by atoms with Crippen molar-refractivity contribution in [3.05, 3.63) is 23.5 Å². The van der Waals surface area contributed by atoms with Gasteiger partial charge in [0.05, 0.1) is 19.3 Å². The third-order valence-electron chi connectivity index (χ3n) is 2.39. The smallest absolute Gasteiger partial charge is 0.168 e. The summed E-state index contributed by atoms with van der Waals surface area (Å²) in [5, 5.41) is 0. The minimum absolute atomic E-state index is 0.0537. The number of unbranched alkanes of at least 4 members (excludes halogenated alkanes) is 1. The van der Waals surface area contributed by atoms with Crippen LogP contribution in [-0.4, -0.2) is 19.5 Å². The van der Waals surface area contributed by atoms with Crippen molar-refractivity contribution >= 4 is 5.78 Å². The summed E-state index contributed by atoms with van der Waals surface area (Å²) < 4.78 is 23.7. The molecule has 17 heavy (non-hydrogen) atoms. The molecule has 0 aliphatic rings. The zero-order valence-corrected chi connectivity index (χ0v) is 10.4. The Morgan fingerprint density at radius 1 is 1.35 bits per heavy atom. The van der Waals surface area contributed by atoms with Crippen molar-refractivity contribution in [3.63, 3.8) is 0 Å². The van der Waals surface area contributed by atoms with Gasteiger partial charge in [-0.1, -0.05) is 13.3 Å². The predicted octanol–water partition coefficient (Wildman–Crippen LogP) is 3.22. The molecule has 0 unspecified atom stereocenters. The lowest BCUT2D eigenvalue weighted by Gasteiger charge is -2.11. The van der Waals surface area contributed by atoms with Crippen LogP contribution in [-0.2, 0) is 0 Å². The molecule has 0 radical (unpaired) electrons. The number of halogens is 1. The van der Waals surface area contributed by atoms with Crippen molar-refractivity contribution in [1.82, 2.24) is 0 Å². The van der Waals surface area contributed by atoms with Crippen LogP contribution in [0.2, 0.25) is 0 Å². The van der Waals surface area contributed by atoms with Gasteiger partial charge in [0.1, 0.15) is 5.75 Å². The Kier molecular flexibility index (Phi) is 4.94. The van der Waals surface area contributed by atoms with Crippen molar-refractivity contribution in [3.8, 4) is 11.5 Å². The molecule has 0 fully saturated rings. The molecule has 0 heterocycles. The maximum atomic E-state index is 13.5. The Balaban J connectivity index is 3.01. The van der Waals surface area contributed by atoms with Gasteiger partial charge in [0, 0.05) is 6.07 Å². The molecule has 94 valence electrons. The van der Waals surface area contributed by atoms with E-state index in [1.54, 1.807) is 0 Å². The number of methoxy groups -OCH3 is 1. The third-order valence-corrected chi connectivity index (χ3v) is 2.39. The summed E-state index contributed by atoms with van der Waals surface area (Å²) in [5.41, 5.74) is 0.347. The van der Waals surface area contributed by atoms with E-state index in [0.717, 1.165) is 12.8 Å². The number of ether oxygens (including phenoxy) is 2. The monoisotopic (exact) mass is 240 g/mol. The largest absolute Gasteiger partial charge is 0.494 e. The molecule has 1 aromatic carbocycles. The summed E-state index contributed by atoms with van der Waals surface area (Å²) in [7, 11) is 1.36. The lowest BCUT2D eigenvalue weighted by atomic mass is 10.1. The number of carbonyl (C=O) groups excluding carboxylic acids is 1. The molecule has 0 aliphatic heterocycles. The maximum absolute atomic E-state index is 13.5. The van der Waals surface area contributed by atoms with Crippen molar-refractivity contribution in [2.75, 3.05) is 13.7 Å². The number of hydrogen-bond donors (Lipinski definition) is 0. The highest BCUT2D eigenvalue weighted by Crippen LogP contribution is 2.28. The number of carbonyl (C=O) groups is 1. The molecule has 3 nitrogen and oxygen atoms in total. The van der Waals surface area contributed by atoms with Crippen LogP contribution in [0.5, 0.6) is 11.5 Å². The Morgan fingerprint density at radius 2 is 2.06 bits per heavy atom. The predicted molar refractivity (Wildman–Crippen MR) is 63.4 cm³/mol. The number of hydrogen-bond acceptors (Lipinski definition) is 3. The molecule has 4 heteroatoms. The molecule has 0 bridgehead atoms. The van der Waals surface area contributed by atoms with E-state index in [4.69, 9.17) is 9.47 Å². The van der Waals surface area contributed by atoms with Crippen LogP contribution in [0.4, 0.5) is 4.39 Å². The highest BCUT2D eigenvalue weighted by molar-refractivity contribution is 5.97. The van der Waals surface area contributed by atoms with Crippen LogP contribution in [0.25, 0.3) is 0 Å². The van der Waals surface area contributed by atoms with E-state index in [9.17, 15) is 9.18 Å². The average molecular weight is 240 g/mol. The van der Waals surface area contributed by atoms with E-state index in [1.165, 1.54) is 26.2 Å². The Bertz CT molecular complexity index is 402. The molecule has 0 aromatic heterocycles. The minimum atomic E-state index is -0.524. The summed E-state index contributed by atoms with van der Waals surface area (Å²) in [6.45, 7) is 3.92. The first-order chi connectivity index (χ1) is 8.10. The molecule has 1 rings (SSSR count). The summed E-state index contributed by atoms with van der Waals surface area (Å²) in [4.78, 5) is 11.4. The van der Waals surface area contributed by atoms with Crippen LogP contribution in [0, 0.1) is 5.82 Å². The van der Waals surface area contributed by atoms with E-state index < -0.39 is 5.82 Å². The SMILES string of the molecule is CCCCOc1cc(F)c(OC)cc1C(C)=O. The molecular formula is C13H17FO3. The summed E-state index contributed by atoms with van der Waals surface area (Å²) in [6.07, 6.45) is 1.85. The second kappa shape index (κ2) is 6.23. The van der Waals surface area contributed by atoms with E-state index in [0.29, 0.717) is 12.2 Å². The van der Waals surface area contributed by atoms with Gasteiger partial charge in [0.2, 0.25) is 0 Å². The van der Waals surface area contributed by atoms with Gasteiger partial charge in [-0.3, -0.25) is 4.79 Å². The van der Waals surface area contributed by atoms with E-state index in [2.05, 4.69) is 0 Å². The summed E-state index contributed by atoms with van der Waals surface area (Å²) >= 11 is 0. The van der Waals surface area contributed by atoms with Gasteiger partial charge in [-0.05, 0) is 19.4 Å².